The molecule has 1 aliphatic heterocycles. The maximum atomic E-state index is 11.2. The number of rotatable bonds is 4. The van der Waals surface area contributed by atoms with Gasteiger partial charge in [-0.05, 0) is 31.0 Å². The summed E-state index contributed by atoms with van der Waals surface area (Å²) in [7, 11) is -2.75. The van der Waals surface area contributed by atoms with Crippen LogP contribution < -0.4 is 5.32 Å². The van der Waals surface area contributed by atoms with Crippen LogP contribution in [0.5, 0.6) is 0 Å². The van der Waals surface area contributed by atoms with E-state index >= 15 is 0 Å². The summed E-state index contributed by atoms with van der Waals surface area (Å²) in [5.41, 5.74) is 0.989. The molecule has 1 aromatic rings. The minimum atomic E-state index is -2.75. The van der Waals surface area contributed by atoms with Crippen LogP contribution in [0.2, 0.25) is 0 Å². The Morgan fingerprint density at radius 2 is 2.31 bits per heavy atom. The zero-order valence-corrected chi connectivity index (χ0v) is 9.91. The third-order valence-electron chi connectivity index (χ3n) is 2.79. The summed E-state index contributed by atoms with van der Waals surface area (Å²) in [6.07, 6.45) is 2.55. The third-order valence-corrected chi connectivity index (χ3v) is 4.63. The summed E-state index contributed by atoms with van der Waals surface area (Å²) in [5.74, 6) is 0.958. The van der Waals surface area contributed by atoms with Crippen LogP contribution in [0, 0.1) is 5.92 Å². The highest BCUT2D eigenvalue weighted by Gasteiger charge is 2.27. The Kier molecular flexibility index (Phi) is 3.56. The second kappa shape index (κ2) is 4.93. The first-order valence-electron chi connectivity index (χ1n) is 5.47. The molecule has 0 aliphatic carbocycles. The molecule has 0 amide bonds. The molecule has 2 heterocycles. The lowest BCUT2D eigenvalue weighted by atomic mass is 10.1. The summed E-state index contributed by atoms with van der Waals surface area (Å²) in [6, 6.07) is 5.79. The Morgan fingerprint density at radius 3 is 2.94 bits per heavy atom. The monoisotopic (exact) mass is 240 g/mol. The third kappa shape index (κ3) is 3.28. The molecule has 1 aliphatic rings. The van der Waals surface area contributed by atoms with Crippen LogP contribution in [0.3, 0.4) is 0 Å². The fraction of sp³-hybridized carbons (Fsp3) is 0.545. The molecule has 1 atom stereocenters. The van der Waals surface area contributed by atoms with Gasteiger partial charge in [-0.2, -0.15) is 0 Å². The molecular formula is C11H16N2O2S. The van der Waals surface area contributed by atoms with Gasteiger partial charge < -0.3 is 5.32 Å². The number of nitrogens with zero attached hydrogens (tertiary/aromatic N) is 1. The highest BCUT2D eigenvalue weighted by molar-refractivity contribution is 7.91. The van der Waals surface area contributed by atoms with Crippen LogP contribution in [0.25, 0.3) is 0 Å². The zero-order valence-electron chi connectivity index (χ0n) is 9.09. The van der Waals surface area contributed by atoms with Gasteiger partial charge in [-0.3, -0.25) is 4.98 Å². The Labute approximate surface area is 96.0 Å². The number of nitrogens with one attached hydrogen (secondary N) is 1. The lowest BCUT2D eigenvalue weighted by Crippen LogP contribution is -2.23. The van der Waals surface area contributed by atoms with Gasteiger partial charge in [0, 0.05) is 12.7 Å². The SMILES string of the molecule is O=S1(=O)CCC(CNCc2ccccn2)C1. The molecule has 1 N–H and O–H groups in total. The molecule has 0 saturated carbocycles. The van der Waals surface area contributed by atoms with E-state index in [1.165, 1.54) is 0 Å². The van der Waals surface area contributed by atoms with Crippen molar-refractivity contribution in [3.63, 3.8) is 0 Å². The lowest BCUT2D eigenvalue weighted by molar-refractivity contribution is 0.518. The van der Waals surface area contributed by atoms with Gasteiger partial charge in [-0.25, -0.2) is 8.42 Å². The van der Waals surface area contributed by atoms with Crippen LogP contribution in [-0.4, -0.2) is 31.5 Å². The number of aromatic nitrogens is 1. The largest absolute Gasteiger partial charge is 0.311 e. The summed E-state index contributed by atoms with van der Waals surface area (Å²) >= 11 is 0. The van der Waals surface area contributed by atoms with Gasteiger partial charge >= 0.3 is 0 Å². The molecule has 88 valence electrons. The molecule has 2 rings (SSSR count). The van der Waals surface area contributed by atoms with Gasteiger partial charge in [0.1, 0.15) is 0 Å². The molecule has 4 nitrogen and oxygen atoms in total. The van der Waals surface area contributed by atoms with E-state index in [1.807, 2.05) is 18.2 Å². The minimum absolute atomic E-state index is 0.272. The molecule has 5 heteroatoms. The lowest BCUT2D eigenvalue weighted by Gasteiger charge is -2.08. The molecule has 1 aromatic heterocycles. The quantitative estimate of drug-likeness (QED) is 0.837. The fourth-order valence-corrected chi connectivity index (χ4v) is 3.80. The number of pyridine rings is 1. The summed E-state index contributed by atoms with van der Waals surface area (Å²) in [4.78, 5) is 4.19. The van der Waals surface area contributed by atoms with E-state index in [1.54, 1.807) is 6.20 Å². The van der Waals surface area contributed by atoms with E-state index in [4.69, 9.17) is 0 Å². The van der Waals surface area contributed by atoms with Crippen LogP contribution in [-0.2, 0) is 16.4 Å². The van der Waals surface area contributed by atoms with E-state index in [-0.39, 0.29) is 5.92 Å². The predicted octanol–water partition coefficient (Wildman–Crippen LogP) is 0.606. The first-order valence-corrected chi connectivity index (χ1v) is 7.29. The summed E-state index contributed by atoms with van der Waals surface area (Å²) in [5, 5.41) is 3.25. The number of hydrogen-bond acceptors (Lipinski definition) is 4. The standard InChI is InChI=1S/C11H16N2O2S/c14-16(15)6-4-10(9-16)7-12-8-11-3-1-2-5-13-11/h1-3,5,10,12H,4,6-9H2. The Balaban J connectivity index is 1.74. The first kappa shape index (κ1) is 11.5. The van der Waals surface area contributed by atoms with E-state index in [0.717, 1.165) is 18.7 Å². The first-order chi connectivity index (χ1) is 7.66. The molecule has 1 fully saturated rings. The van der Waals surface area contributed by atoms with E-state index < -0.39 is 9.84 Å². The van der Waals surface area contributed by atoms with Crippen molar-refractivity contribution >= 4 is 9.84 Å². The molecule has 1 saturated heterocycles. The van der Waals surface area contributed by atoms with Gasteiger partial charge in [0.2, 0.25) is 0 Å². The van der Waals surface area contributed by atoms with Crippen molar-refractivity contribution < 1.29 is 8.42 Å². The van der Waals surface area contributed by atoms with Crippen LogP contribution in [0.4, 0.5) is 0 Å². The average molecular weight is 240 g/mol. The second-order valence-electron chi connectivity index (χ2n) is 4.22. The Hall–Kier alpha value is -0.940. The van der Waals surface area contributed by atoms with Gasteiger partial charge in [0.15, 0.2) is 9.84 Å². The van der Waals surface area contributed by atoms with E-state index in [2.05, 4.69) is 10.3 Å². The average Bonchev–Trinajstić information content (AvgIpc) is 2.60. The van der Waals surface area contributed by atoms with Gasteiger partial charge in [-0.1, -0.05) is 6.07 Å². The summed E-state index contributed by atoms with van der Waals surface area (Å²) < 4.78 is 22.5. The Bertz CT molecular complexity index is 431. The summed E-state index contributed by atoms with van der Waals surface area (Å²) in [6.45, 7) is 1.47. The normalized spacial score (nSPS) is 23.4. The van der Waals surface area contributed by atoms with Gasteiger partial charge in [-0.15, -0.1) is 0 Å². The molecule has 16 heavy (non-hydrogen) atoms. The van der Waals surface area contributed by atoms with Crippen LogP contribution >= 0.6 is 0 Å². The number of hydrogen-bond donors (Lipinski definition) is 1. The van der Waals surface area contributed by atoms with Crippen molar-refractivity contribution in [3.05, 3.63) is 30.1 Å². The second-order valence-corrected chi connectivity index (χ2v) is 6.45. The molecule has 0 radical (unpaired) electrons. The predicted molar refractivity (Wildman–Crippen MR) is 62.7 cm³/mol. The van der Waals surface area contributed by atoms with E-state index in [0.29, 0.717) is 18.1 Å². The molecule has 0 aromatic carbocycles. The smallest absolute Gasteiger partial charge is 0.150 e. The maximum Gasteiger partial charge on any atom is 0.150 e. The van der Waals surface area contributed by atoms with Crippen molar-refractivity contribution in [2.24, 2.45) is 5.92 Å². The van der Waals surface area contributed by atoms with E-state index in [9.17, 15) is 8.42 Å². The van der Waals surface area contributed by atoms with Crippen LogP contribution in [0.15, 0.2) is 24.4 Å². The Morgan fingerprint density at radius 1 is 1.44 bits per heavy atom. The number of sulfone groups is 1. The highest BCUT2D eigenvalue weighted by Crippen LogP contribution is 2.17. The highest BCUT2D eigenvalue weighted by atomic mass is 32.2. The molecule has 0 spiro atoms. The van der Waals surface area contributed by atoms with Crippen LogP contribution in [0.1, 0.15) is 12.1 Å². The molecule has 1 unspecified atom stereocenters. The van der Waals surface area contributed by atoms with Crippen molar-refractivity contribution in [1.82, 2.24) is 10.3 Å². The fourth-order valence-electron chi connectivity index (χ4n) is 1.94. The van der Waals surface area contributed by atoms with Crippen molar-refractivity contribution in [3.8, 4) is 0 Å². The van der Waals surface area contributed by atoms with Crippen molar-refractivity contribution in [1.29, 1.82) is 0 Å². The molecule has 0 bridgehead atoms. The maximum absolute atomic E-state index is 11.2. The topological polar surface area (TPSA) is 59.1 Å². The van der Waals surface area contributed by atoms with Crippen molar-refractivity contribution in [2.75, 3.05) is 18.1 Å². The minimum Gasteiger partial charge on any atom is -0.311 e. The van der Waals surface area contributed by atoms with Gasteiger partial charge in [0.05, 0.1) is 17.2 Å². The zero-order chi connectivity index (χ0) is 11.4. The van der Waals surface area contributed by atoms with Crippen molar-refractivity contribution in [2.45, 2.75) is 13.0 Å². The molecular weight excluding hydrogens is 224 g/mol. The van der Waals surface area contributed by atoms with Gasteiger partial charge in [0.25, 0.3) is 0 Å².